The standard InChI is InChI=1S/C13H12BrF3N2O/c14-8-3-4-9(10(6-8)13(15,16)17)11-7-19-12(20-11)2-1-5-18/h3-4,6-7H,1-2,5,18H2. The van der Waals surface area contributed by atoms with E-state index in [4.69, 9.17) is 10.2 Å². The number of aryl methyl sites for hydroxylation is 1. The van der Waals surface area contributed by atoms with Crippen molar-refractivity contribution in [2.45, 2.75) is 19.0 Å². The van der Waals surface area contributed by atoms with Crippen molar-refractivity contribution in [3.05, 3.63) is 40.3 Å². The van der Waals surface area contributed by atoms with Gasteiger partial charge in [0.25, 0.3) is 0 Å². The fourth-order valence-corrected chi connectivity index (χ4v) is 2.13. The highest BCUT2D eigenvalue weighted by Crippen LogP contribution is 2.38. The van der Waals surface area contributed by atoms with Gasteiger partial charge >= 0.3 is 6.18 Å². The van der Waals surface area contributed by atoms with Crippen molar-refractivity contribution < 1.29 is 17.6 Å². The Morgan fingerprint density at radius 2 is 2.05 bits per heavy atom. The number of benzene rings is 1. The minimum atomic E-state index is -4.46. The molecule has 0 bridgehead atoms. The van der Waals surface area contributed by atoms with E-state index in [9.17, 15) is 13.2 Å². The molecule has 7 heteroatoms. The Morgan fingerprint density at radius 1 is 1.30 bits per heavy atom. The van der Waals surface area contributed by atoms with Gasteiger partial charge in [-0.2, -0.15) is 13.2 Å². The van der Waals surface area contributed by atoms with Gasteiger partial charge in [0.05, 0.1) is 11.8 Å². The molecular weight excluding hydrogens is 337 g/mol. The normalized spacial score (nSPS) is 11.8. The van der Waals surface area contributed by atoms with E-state index >= 15 is 0 Å². The average molecular weight is 349 g/mol. The first kappa shape index (κ1) is 15.1. The molecule has 0 spiro atoms. The van der Waals surface area contributed by atoms with Crippen LogP contribution in [0.1, 0.15) is 17.9 Å². The van der Waals surface area contributed by atoms with Gasteiger partial charge in [-0.1, -0.05) is 15.9 Å². The maximum absolute atomic E-state index is 13.0. The third kappa shape index (κ3) is 3.40. The zero-order chi connectivity index (χ0) is 14.8. The number of halogens is 4. The summed E-state index contributed by atoms with van der Waals surface area (Å²) in [5, 5.41) is 0. The maximum atomic E-state index is 13.0. The maximum Gasteiger partial charge on any atom is 0.417 e. The molecule has 2 aromatic rings. The van der Waals surface area contributed by atoms with Crippen LogP contribution < -0.4 is 5.73 Å². The van der Waals surface area contributed by atoms with Crippen LogP contribution in [0.3, 0.4) is 0 Å². The van der Waals surface area contributed by atoms with Crippen LogP contribution in [0, 0.1) is 0 Å². The molecule has 1 aromatic carbocycles. The highest BCUT2D eigenvalue weighted by atomic mass is 79.9. The number of aromatic nitrogens is 1. The predicted molar refractivity (Wildman–Crippen MR) is 72.0 cm³/mol. The van der Waals surface area contributed by atoms with Crippen LogP contribution in [0.2, 0.25) is 0 Å². The Balaban J connectivity index is 2.39. The molecule has 0 radical (unpaired) electrons. The fourth-order valence-electron chi connectivity index (χ4n) is 1.77. The largest absolute Gasteiger partial charge is 0.441 e. The van der Waals surface area contributed by atoms with Gasteiger partial charge in [-0.3, -0.25) is 0 Å². The van der Waals surface area contributed by atoms with Gasteiger partial charge in [-0.25, -0.2) is 4.98 Å². The van der Waals surface area contributed by atoms with Gasteiger partial charge < -0.3 is 10.2 Å². The van der Waals surface area contributed by atoms with E-state index in [1.54, 1.807) is 0 Å². The molecule has 0 aliphatic heterocycles. The number of rotatable bonds is 4. The lowest BCUT2D eigenvalue weighted by Gasteiger charge is -2.11. The molecule has 0 saturated carbocycles. The van der Waals surface area contributed by atoms with Crippen molar-refractivity contribution in [3.63, 3.8) is 0 Å². The number of nitrogens with zero attached hydrogens (tertiary/aromatic N) is 1. The lowest BCUT2D eigenvalue weighted by Crippen LogP contribution is -2.07. The van der Waals surface area contributed by atoms with Crippen molar-refractivity contribution in [1.82, 2.24) is 4.98 Å². The second kappa shape index (κ2) is 5.97. The molecule has 0 fully saturated rings. The highest BCUT2D eigenvalue weighted by molar-refractivity contribution is 9.10. The first-order valence-electron chi connectivity index (χ1n) is 5.93. The van der Waals surface area contributed by atoms with Crippen LogP contribution in [-0.2, 0) is 12.6 Å². The number of nitrogens with two attached hydrogens (primary N) is 1. The second-order valence-electron chi connectivity index (χ2n) is 4.20. The number of hydrogen-bond acceptors (Lipinski definition) is 3. The summed E-state index contributed by atoms with van der Waals surface area (Å²) in [5.74, 6) is 0.498. The van der Waals surface area contributed by atoms with Gasteiger partial charge in [0, 0.05) is 16.5 Å². The molecule has 1 heterocycles. The van der Waals surface area contributed by atoms with Crippen molar-refractivity contribution in [2.75, 3.05) is 6.54 Å². The fraction of sp³-hybridized carbons (Fsp3) is 0.308. The van der Waals surface area contributed by atoms with E-state index in [1.807, 2.05) is 0 Å². The Morgan fingerprint density at radius 3 is 2.70 bits per heavy atom. The SMILES string of the molecule is NCCCc1ncc(-c2ccc(Br)cc2C(F)(F)F)o1. The van der Waals surface area contributed by atoms with Crippen molar-refractivity contribution in [2.24, 2.45) is 5.73 Å². The quantitative estimate of drug-likeness (QED) is 0.907. The Bertz CT molecular complexity index is 596. The van der Waals surface area contributed by atoms with Gasteiger partial charge in [0.15, 0.2) is 11.7 Å². The van der Waals surface area contributed by atoms with E-state index < -0.39 is 11.7 Å². The molecule has 0 unspecified atom stereocenters. The molecule has 3 nitrogen and oxygen atoms in total. The molecule has 0 saturated heterocycles. The molecule has 0 amide bonds. The van der Waals surface area contributed by atoms with Crippen molar-refractivity contribution in [1.29, 1.82) is 0 Å². The summed E-state index contributed by atoms with van der Waals surface area (Å²) in [6.45, 7) is 0.476. The molecule has 0 atom stereocenters. The Hall–Kier alpha value is -1.34. The minimum Gasteiger partial charge on any atom is -0.441 e. The van der Waals surface area contributed by atoms with E-state index in [0.29, 0.717) is 29.7 Å². The first-order chi connectivity index (χ1) is 9.41. The third-order valence-corrected chi connectivity index (χ3v) is 3.19. The van der Waals surface area contributed by atoms with Crippen LogP contribution in [0.4, 0.5) is 13.2 Å². The molecule has 108 valence electrons. The summed E-state index contributed by atoms with van der Waals surface area (Å²) in [6.07, 6.45) is -1.96. The summed E-state index contributed by atoms with van der Waals surface area (Å²) >= 11 is 3.04. The van der Waals surface area contributed by atoms with Gasteiger partial charge in [-0.05, 0) is 31.2 Å². The number of alkyl halides is 3. The molecule has 20 heavy (non-hydrogen) atoms. The monoisotopic (exact) mass is 348 g/mol. The van der Waals surface area contributed by atoms with Crippen LogP contribution in [0.25, 0.3) is 11.3 Å². The smallest absolute Gasteiger partial charge is 0.417 e. The topological polar surface area (TPSA) is 52.0 Å². The van der Waals surface area contributed by atoms with E-state index in [1.165, 1.54) is 18.3 Å². The van der Waals surface area contributed by atoms with E-state index in [-0.39, 0.29) is 11.3 Å². The first-order valence-corrected chi connectivity index (χ1v) is 6.73. The zero-order valence-corrected chi connectivity index (χ0v) is 12.0. The minimum absolute atomic E-state index is 0.0211. The third-order valence-electron chi connectivity index (χ3n) is 2.70. The summed E-state index contributed by atoms with van der Waals surface area (Å²) in [6, 6.07) is 3.92. The van der Waals surface area contributed by atoms with Crippen molar-refractivity contribution >= 4 is 15.9 Å². The van der Waals surface area contributed by atoms with Crippen LogP contribution in [0.15, 0.2) is 33.3 Å². The van der Waals surface area contributed by atoms with Gasteiger partial charge in [0.1, 0.15) is 0 Å². The molecular formula is C13H12BrF3N2O. The van der Waals surface area contributed by atoms with Crippen LogP contribution >= 0.6 is 15.9 Å². The molecule has 0 aliphatic carbocycles. The summed E-state index contributed by atoms with van der Waals surface area (Å²) in [4.78, 5) is 3.97. The zero-order valence-electron chi connectivity index (χ0n) is 10.4. The molecule has 2 rings (SSSR count). The second-order valence-corrected chi connectivity index (χ2v) is 5.11. The van der Waals surface area contributed by atoms with Crippen molar-refractivity contribution in [3.8, 4) is 11.3 Å². The molecule has 1 aromatic heterocycles. The summed E-state index contributed by atoms with van der Waals surface area (Å²) in [7, 11) is 0. The summed E-state index contributed by atoms with van der Waals surface area (Å²) < 4.78 is 44.8. The molecule has 2 N–H and O–H groups in total. The van der Waals surface area contributed by atoms with Gasteiger partial charge in [0.2, 0.25) is 0 Å². The Labute approximate surface area is 122 Å². The number of oxazole rings is 1. The predicted octanol–water partition coefficient (Wildman–Crippen LogP) is 4.01. The summed E-state index contributed by atoms with van der Waals surface area (Å²) in [5.41, 5.74) is 4.59. The Kier molecular flexibility index (Phi) is 4.49. The van der Waals surface area contributed by atoms with E-state index in [0.717, 1.165) is 6.07 Å². The van der Waals surface area contributed by atoms with Crippen LogP contribution in [0.5, 0.6) is 0 Å². The van der Waals surface area contributed by atoms with Gasteiger partial charge in [-0.15, -0.1) is 0 Å². The van der Waals surface area contributed by atoms with E-state index in [2.05, 4.69) is 20.9 Å². The lowest BCUT2D eigenvalue weighted by atomic mass is 10.1. The number of hydrogen-bond donors (Lipinski definition) is 1. The molecule has 0 aliphatic rings. The lowest BCUT2D eigenvalue weighted by molar-refractivity contribution is -0.137. The van der Waals surface area contributed by atoms with Crippen LogP contribution in [-0.4, -0.2) is 11.5 Å². The average Bonchev–Trinajstić information content (AvgIpc) is 2.84. The highest BCUT2D eigenvalue weighted by Gasteiger charge is 2.34.